The summed E-state index contributed by atoms with van der Waals surface area (Å²) in [4.78, 5) is 15.8. The fraction of sp³-hybridized carbons (Fsp3) is 0.385. The van der Waals surface area contributed by atoms with Crippen LogP contribution >= 0.6 is 0 Å². The lowest BCUT2D eigenvalue weighted by molar-refractivity contribution is -0.119. The highest BCUT2D eigenvalue weighted by Gasteiger charge is 2.13. The van der Waals surface area contributed by atoms with E-state index in [1.807, 2.05) is 36.7 Å². The van der Waals surface area contributed by atoms with Crippen LogP contribution in [0.15, 0.2) is 71.8 Å². The number of halogens is 1. The van der Waals surface area contributed by atoms with Gasteiger partial charge in [0, 0.05) is 37.1 Å². The molecule has 2 heterocycles. The summed E-state index contributed by atoms with van der Waals surface area (Å²) in [6.45, 7) is 9.42. The molecule has 0 aliphatic rings. The summed E-state index contributed by atoms with van der Waals surface area (Å²) in [6.07, 6.45) is 10.4. The highest BCUT2D eigenvalue weighted by atomic mass is 19.1. The van der Waals surface area contributed by atoms with Crippen LogP contribution in [0.4, 0.5) is 4.39 Å². The Morgan fingerprint density at radius 3 is 2.65 bits per heavy atom. The Labute approximate surface area is 200 Å². The molecule has 1 N–H and O–H groups in total. The summed E-state index contributed by atoms with van der Waals surface area (Å²) in [6, 6.07) is 3.83. The predicted octanol–water partition coefficient (Wildman–Crippen LogP) is 6.06. The van der Waals surface area contributed by atoms with Crippen molar-refractivity contribution in [2.75, 3.05) is 20.3 Å². The Bertz CT molecular complexity index is 1120. The molecule has 8 heteroatoms. The number of fused-ring (bicyclic) bond motifs is 1. The van der Waals surface area contributed by atoms with Crippen molar-refractivity contribution < 1.29 is 23.4 Å². The molecule has 2 rings (SSSR count). The number of aromatic amines is 1. The number of pyridine rings is 1. The van der Waals surface area contributed by atoms with Crippen molar-refractivity contribution >= 4 is 22.6 Å². The zero-order chi connectivity index (χ0) is 25.1. The van der Waals surface area contributed by atoms with Gasteiger partial charge in [0.05, 0.1) is 6.61 Å². The first-order valence-electron chi connectivity index (χ1n) is 11.3. The molecule has 1 unspecified atom stereocenters. The summed E-state index contributed by atoms with van der Waals surface area (Å²) in [5.74, 6) is -0.287. The quantitative estimate of drug-likeness (QED) is 0.218. The molecular weight excluding hydrogens is 437 g/mol. The molecule has 0 saturated carbocycles. The predicted molar refractivity (Wildman–Crippen MR) is 132 cm³/mol. The summed E-state index contributed by atoms with van der Waals surface area (Å²) in [5.41, 5.74) is 2.62. The van der Waals surface area contributed by atoms with E-state index < -0.39 is 11.7 Å². The SMILES string of the molecule is C\C=C(/C=C(\C=C(/C)n1[nH]c2ncccc21)OCCOC)OC(=C/CC)/C(F)=C\C(C)C(C)=O. The number of nitrogens with one attached hydrogen (secondary N) is 1. The van der Waals surface area contributed by atoms with Crippen LogP contribution in [0, 0.1) is 5.92 Å². The van der Waals surface area contributed by atoms with Gasteiger partial charge in [-0.25, -0.2) is 9.37 Å². The van der Waals surface area contributed by atoms with Gasteiger partial charge in [-0.2, -0.15) is 0 Å². The third-order valence-corrected chi connectivity index (χ3v) is 4.96. The van der Waals surface area contributed by atoms with Crippen molar-refractivity contribution in [3.8, 4) is 0 Å². The van der Waals surface area contributed by atoms with Crippen LogP contribution < -0.4 is 0 Å². The van der Waals surface area contributed by atoms with Crippen LogP contribution in [0.2, 0.25) is 0 Å². The van der Waals surface area contributed by atoms with Crippen molar-refractivity contribution in [3.05, 3.63) is 71.8 Å². The van der Waals surface area contributed by atoms with Gasteiger partial charge < -0.3 is 14.2 Å². The number of aromatic nitrogens is 3. The van der Waals surface area contributed by atoms with E-state index in [0.717, 1.165) is 16.9 Å². The normalized spacial score (nSPS) is 15.1. The van der Waals surface area contributed by atoms with E-state index >= 15 is 0 Å². The molecule has 184 valence electrons. The zero-order valence-corrected chi connectivity index (χ0v) is 20.7. The summed E-state index contributed by atoms with van der Waals surface area (Å²) in [5, 5.41) is 3.16. The van der Waals surface area contributed by atoms with E-state index in [4.69, 9.17) is 14.2 Å². The molecule has 2 aromatic heterocycles. The number of hydrogen-bond donors (Lipinski definition) is 1. The second-order valence-electron chi connectivity index (χ2n) is 7.68. The molecule has 2 aromatic rings. The minimum absolute atomic E-state index is 0.0568. The average molecular weight is 472 g/mol. The maximum absolute atomic E-state index is 14.8. The summed E-state index contributed by atoms with van der Waals surface area (Å²) >= 11 is 0. The van der Waals surface area contributed by atoms with Crippen molar-refractivity contribution in [2.24, 2.45) is 5.92 Å². The van der Waals surface area contributed by atoms with E-state index in [-0.39, 0.29) is 11.5 Å². The Morgan fingerprint density at radius 1 is 1.26 bits per heavy atom. The van der Waals surface area contributed by atoms with E-state index in [0.29, 0.717) is 31.2 Å². The van der Waals surface area contributed by atoms with E-state index in [1.54, 1.807) is 45.4 Å². The third-order valence-electron chi connectivity index (χ3n) is 4.96. The lowest BCUT2D eigenvalue weighted by Crippen LogP contribution is -2.10. The first kappa shape index (κ1) is 26.9. The monoisotopic (exact) mass is 471 g/mol. The number of Topliss-reactive ketones (excluding diaryl/α,β-unsaturated/α-hetero) is 1. The number of H-pyrrole nitrogens is 1. The van der Waals surface area contributed by atoms with Crippen molar-refractivity contribution in [3.63, 3.8) is 0 Å². The molecular formula is C26H34FN3O4. The molecule has 0 amide bonds. The van der Waals surface area contributed by atoms with E-state index in [9.17, 15) is 9.18 Å². The number of carbonyl (C=O) groups excluding carboxylic acids is 1. The minimum atomic E-state index is -0.584. The van der Waals surface area contributed by atoms with E-state index in [2.05, 4.69) is 10.1 Å². The number of rotatable bonds is 13. The number of carbonyl (C=O) groups is 1. The van der Waals surface area contributed by atoms with Gasteiger partial charge in [-0.15, -0.1) is 0 Å². The van der Waals surface area contributed by atoms with Crippen molar-refractivity contribution in [2.45, 2.75) is 41.0 Å². The highest BCUT2D eigenvalue weighted by molar-refractivity contribution is 5.79. The number of methoxy groups -OCH3 is 1. The smallest absolute Gasteiger partial charge is 0.171 e. The van der Waals surface area contributed by atoms with Crippen LogP contribution in [0.5, 0.6) is 0 Å². The van der Waals surface area contributed by atoms with Gasteiger partial charge in [-0.3, -0.25) is 14.6 Å². The molecule has 0 aliphatic carbocycles. The molecule has 1 atom stereocenters. The highest BCUT2D eigenvalue weighted by Crippen LogP contribution is 2.23. The average Bonchev–Trinajstić information content (AvgIpc) is 2.78. The minimum Gasteiger partial charge on any atom is -0.491 e. The molecule has 7 nitrogen and oxygen atoms in total. The lowest BCUT2D eigenvalue weighted by Gasteiger charge is -2.17. The summed E-state index contributed by atoms with van der Waals surface area (Å²) in [7, 11) is 1.60. The van der Waals surface area contributed by atoms with Gasteiger partial charge in [0.25, 0.3) is 0 Å². The molecule has 0 aliphatic heterocycles. The number of hydrogen-bond acceptors (Lipinski definition) is 5. The third kappa shape index (κ3) is 7.59. The van der Waals surface area contributed by atoms with Gasteiger partial charge in [0.15, 0.2) is 17.2 Å². The number of nitrogens with zero attached hydrogens (tertiary/aromatic N) is 2. The van der Waals surface area contributed by atoms with Crippen LogP contribution in [0.3, 0.4) is 0 Å². The molecule has 0 saturated heterocycles. The van der Waals surface area contributed by atoms with Crippen molar-refractivity contribution in [1.29, 1.82) is 0 Å². The van der Waals surface area contributed by atoms with Gasteiger partial charge in [-0.1, -0.05) is 13.8 Å². The fourth-order valence-electron chi connectivity index (χ4n) is 2.92. The zero-order valence-electron chi connectivity index (χ0n) is 20.7. The van der Waals surface area contributed by atoms with Crippen LogP contribution in [0.1, 0.15) is 41.0 Å². The molecule has 34 heavy (non-hydrogen) atoms. The maximum atomic E-state index is 14.8. The van der Waals surface area contributed by atoms with Crippen LogP contribution in [-0.4, -0.2) is 40.9 Å². The Morgan fingerprint density at radius 2 is 2.03 bits per heavy atom. The standard InChI is InChI=1S/C26H34FN3O4/c1-7-10-25(23(27)15-18(3)20(5)31)34-21(8-2)17-22(33-14-13-32-6)16-19(4)30-24-11-9-12-28-26(24)29-30/h8-12,15-18H,7,13-14H2,1-6H3,(H,28,29)/b19-16+,21-8+,22-17+,23-15+,25-10+. The lowest BCUT2D eigenvalue weighted by atomic mass is 10.1. The second-order valence-corrected chi connectivity index (χ2v) is 7.68. The van der Waals surface area contributed by atoms with Gasteiger partial charge >= 0.3 is 0 Å². The Kier molecular flexibility index (Phi) is 10.5. The number of ether oxygens (including phenoxy) is 3. The molecule has 0 radical (unpaired) electrons. The molecule has 0 bridgehead atoms. The number of ketones is 1. The molecule has 0 aromatic carbocycles. The van der Waals surface area contributed by atoms with Gasteiger partial charge in [-0.05, 0) is 57.6 Å². The summed E-state index contributed by atoms with van der Waals surface area (Å²) < 4.78 is 33.6. The Hall–Kier alpha value is -3.39. The van der Waals surface area contributed by atoms with Gasteiger partial charge in [0.2, 0.25) is 0 Å². The fourth-order valence-corrected chi connectivity index (χ4v) is 2.92. The van der Waals surface area contributed by atoms with Crippen LogP contribution in [-0.2, 0) is 19.0 Å². The number of allylic oxidation sites excluding steroid dienone is 7. The molecule has 0 fully saturated rings. The van der Waals surface area contributed by atoms with Crippen molar-refractivity contribution in [1.82, 2.24) is 14.8 Å². The second kappa shape index (κ2) is 13.3. The largest absolute Gasteiger partial charge is 0.491 e. The first-order chi connectivity index (χ1) is 16.3. The van der Waals surface area contributed by atoms with Gasteiger partial charge in [0.1, 0.15) is 29.4 Å². The molecule has 0 spiro atoms. The van der Waals surface area contributed by atoms with E-state index in [1.165, 1.54) is 13.0 Å². The maximum Gasteiger partial charge on any atom is 0.171 e. The first-order valence-corrected chi connectivity index (χ1v) is 11.3. The Balaban J connectivity index is 2.33. The topological polar surface area (TPSA) is 78.4 Å². The van der Waals surface area contributed by atoms with Crippen LogP contribution in [0.25, 0.3) is 16.9 Å².